The fraction of sp³-hybridized carbons (Fsp3) is 0.176. The Morgan fingerprint density at radius 3 is 2.78 bits per heavy atom. The van der Waals surface area contributed by atoms with Crippen molar-refractivity contribution in [3.05, 3.63) is 51.8 Å². The van der Waals surface area contributed by atoms with Gasteiger partial charge in [-0.15, -0.1) is 11.3 Å². The maximum Gasteiger partial charge on any atom is 0.420 e. The molecule has 27 heavy (non-hydrogen) atoms. The summed E-state index contributed by atoms with van der Waals surface area (Å²) in [4.78, 5) is 47.5. The third-order valence-corrected chi connectivity index (χ3v) is 4.54. The molecule has 10 heteroatoms. The highest BCUT2D eigenvalue weighted by molar-refractivity contribution is 7.14. The van der Waals surface area contributed by atoms with Gasteiger partial charge in [-0.1, -0.05) is 12.1 Å². The highest BCUT2D eigenvalue weighted by Gasteiger charge is 2.22. The second-order valence-corrected chi connectivity index (χ2v) is 6.49. The number of anilines is 1. The molecule has 3 aromatic rings. The Morgan fingerprint density at radius 2 is 2.04 bits per heavy atom. The van der Waals surface area contributed by atoms with Gasteiger partial charge < -0.3 is 20.2 Å². The zero-order valence-electron chi connectivity index (χ0n) is 14.1. The van der Waals surface area contributed by atoms with Gasteiger partial charge in [-0.25, -0.2) is 4.79 Å². The van der Waals surface area contributed by atoms with Gasteiger partial charge in [0.1, 0.15) is 11.5 Å². The van der Waals surface area contributed by atoms with Crippen molar-refractivity contribution in [3.8, 4) is 0 Å². The van der Waals surface area contributed by atoms with Crippen LogP contribution >= 0.6 is 11.3 Å². The smallest absolute Gasteiger partial charge is 0.420 e. The van der Waals surface area contributed by atoms with Crippen LogP contribution in [0.4, 0.5) is 5.00 Å². The quantitative estimate of drug-likeness (QED) is 0.611. The number of ether oxygens (including phenoxy) is 1. The molecular weight excluding hydrogens is 374 g/mol. The van der Waals surface area contributed by atoms with Crippen LogP contribution in [0.3, 0.4) is 0 Å². The van der Waals surface area contributed by atoms with E-state index in [0.29, 0.717) is 11.1 Å². The standard InChI is InChI=1S/C17H15N3O6S/c1-9(15(23)19-16-10(14(18)22)6-7-27-16)25-13(21)8-20-11-4-2-3-5-12(11)26-17(20)24/h2-7,9H,8H2,1H3,(H2,18,22)(H,19,23)/t9-/m1/s1. The monoisotopic (exact) mass is 389 g/mol. The number of nitrogens with one attached hydrogen (secondary N) is 1. The van der Waals surface area contributed by atoms with Crippen molar-refractivity contribution in [2.75, 3.05) is 5.32 Å². The lowest BCUT2D eigenvalue weighted by Crippen LogP contribution is -2.32. The van der Waals surface area contributed by atoms with E-state index in [1.54, 1.807) is 29.6 Å². The van der Waals surface area contributed by atoms with E-state index < -0.39 is 36.2 Å². The fourth-order valence-corrected chi connectivity index (χ4v) is 3.19. The highest BCUT2D eigenvalue weighted by atomic mass is 32.1. The van der Waals surface area contributed by atoms with Crippen molar-refractivity contribution in [1.29, 1.82) is 0 Å². The fourth-order valence-electron chi connectivity index (χ4n) is 2.39. The van der Waals surface area contributed by atoms with Crippen LogP contribution in [0.25, 0.3) is 11.1 Å². The van der Waals surface area contributed by atoms with E-state index in [-0.39, 0.29) is 10.6 Å². The number of aromatic nitrogens is 1. The van der Waals surface area contributed by atoms with Crippen LogP contribution in [0, 0.1) is 0 Å². The van der Waals surface area contributed by atoms with Crippen LogP contribution in [0.15, 0.2) is 44.9 Å². The molecule has 3 N–H and O–H groups in total. The molecule has 0 radical (unpaired) electrons. The molecule has 0 bridgehead atoms. The summed E-state index contributed by atoms with van der Waals surface area (Å²) in [5.41, 5.74) is 6.18. The molecule has 140 valence electrons. The van der Waals surface area contributed by atoms with E-state index in [1.165, 1.54) is 13.0 Å². The maximum absolute atomic E-state index is 12.2. The molecule has 2 heterocycles. The molecule has 0 fully saturated rings. The molecule has 1 aromatic carbocycles. The van der Waals surface area contributed by atoms with Crippen molar-refractivity contribution in [3.63, 3.8) is 0 Å². The number of esters is 1. The number of primary amides is 1. The third kappa shape index (κ3) is 3.90. The minimum absolute atomic E-state index is 0.170. The lowest BCUT2D eigenvalue weighted by atomic mass is 10.3. The third-order valence-electron chi connectivity index (χ3n) is 3.71. The van der Waals surface area contributed by atoms with Crippen molar-refractivity contribution in [1.82, 2.24) is 4.57 Å². The summed E-state index contributed by atoms with van der Waals surface area (Å²) < 4.78 is 11.2. The molecule has 3 rings (SSSR count). The number of thiophene rings is 1. The normalized spacial score (nSPS) is 11.9. The molecule has 2 amide bonds. The van der Waals surface area contributed by atoms with Gasteiger partial charge in [-0.05, 0) is 30.5 Å². The Bertz CT molecular complexity index is 1080. The molecule has 1 atom stereocenters. The highest BCUT2D eigenvalue weighted by Crippen LogP contribution is 2.23. The summed E-state index contributed by atoms with van der Waals surface area (Å²) in [7, 11) is 0. The number of oxazole rings is 1. The number of fused-ring (bicyclic) bond motifs is 1. The zero-order valence-corrected chi connectivity index (χ0v) is 14.9. The van der Waals surface area contributed by atoms with Gasteiger partial charge in [0, 0.05) is 0 Å². The number of carbonyl (C=O) groups is 3. The summed E-state index contributed by atoms with van der Waals surface area (Å²) in [6.45, 7) is 0.972. The molecule has 0 unspecified atom stereocenters. The number of nitrogens with zero attached hydrogens (tertiary/aromatic N) is 1. The van der Waals surface area contributed by atoms with E-state index in [0.717, 1.165) is 15.9 Å². The number of rotatable bonds is 6. The lowest BCUT2D eigenvalue weighted by Gasteiger charge is -2.13. The Balaban J connectivity index is 1.65. The summed E-state index contributed by atoms with van der Waals surface area (Å²) in [6.07, 6.45) is -1.14. The molecule has 0 aliphatic rings. The first-order valence-corrected chi connectivity index (χ1v) is 8.71. The van der Waals surface area contributed by atoms with Crippen LogP contribution in [0.1, 0.15) is 17.3 Å². The Morgan fingerprint density at radius 1 is 1.30 bits per heavy atom. The van der Waals surface area contributed by atoms with Gasteiger partial charge in [0.25, 0.3) is 11.8 Å². The zero-order chi connectivity index (χ0) is 19.6. The van der Waals surface area contributed by atoms with Crippen LogP contribution < -0.4 is 16.8 Å². The molecule has 0 aliphatic heterocycles. The van der Waals surface area contributed by atoms with Crippen LogP contribution in [-0.2, 0) is 20.9 Å². The first kappa shape index (κ1) is 18.4. The van der Waals surface area contributed by atoms with Crippen molar-refractivity contribution < 1.29 is 23.5 Å². The maximum atomic E-state index is 12.2. The summed E-state index contributed by atoms with van der Waals surface area (Å²) >= 11 is 1.12. The predicted octanol–water partition coefficient (Wildman–Crippen LogP) is 1.33. The average Bonchev–Trinajstić information content (AvgIpc) is 3.20. The summed E-state index contributed by atoms with van der Waals surface area (Å²) in [6, 6.07) is 8.12. The molecule has 9 nitrogen and oxygen atoms in total. The Hall–Kier alpha value is -3.40. The molecule has 2 aromatic heterocycles. The molecule has 0 saturated carbocycles. The second-order valence-electron chi connectivity index (χ2n) is 5.57. The van der Waals surface area contributed by atoms with E-state index in [9.17, 15) is 19.2 Å². The largest absolute Gasteiger partial charge is 0.451 e. The topological polar surface area (TPSA) is 134 Å². The summed E-state index contributed by atoms with van der Waals surface area (Å²) in [5, 5.41) is 4.36. The minimum Gasteiger partial charge on any atom is -0.451 e. The number of benzene rings is 1. The number of nitrogens with two attached hydrogens (primary N) is 1. The lowest BCUT2D eigenvalue weighted by molar-refractivity contribution is -0.153. The van der Waals surface area contributed by atoms with E-state index in [4.69, 9.17) is 14.9 Å². The van der Waals surface area contributed by atoms with Crippen LogP contribution in [0.5, 0.6) is 0 Å². The molecule has 0 aliphatic carbocycles. The van der Waals surface area contributed by atoms with Crippen molar-refractivity contribution in [2.24, 2.45) is 5.73 Å². The van der Waals surface area contributed by atoms with Gasteiger partial charge >= 0.3 is 11.7 Å². The van der Waals surface area contributed by atoms with E-state index in [1.807, 2.05) is 0 Å². The average molecular weight is 389 g/mol. The number of carbonyl (C=O) groups excluding carboxylic acids is 3. The number of para-hydroxylation sites is 2. The molecular formula is C17H15N3O6S. The predicted molar refractivity (Wildman–Crippen MR) is 97.5 cm³/mol. The van der Waals surface area contributed by atoms with Gasteiger partial charge in [-0.2, -0.15) is 0 Å². The van der Waals surface area contributed by atoms with Crippen LogP contribution in [0.2, 0.25) is 0 Å². The molecule has 0 spiro atoms. The number of hydrogen-bond acceptors (Lipinski definition) is 7. The first-order valence-electron chi connectivity index (χ1n) is 7.83. The van der Waals surface area contributed by atoms with Crippen molar-refractivity contribution >= 4 is 45.2 Å². The Labute approximate surface area is 156 Å². The van der Waals surface area contributed by atoms with Crippen molar-refractivity contribution in [2.45, 2.75) is 19.6 Å². The first-order chi connectivity index (χ1) is 12.9. The van der Waals surface area contributed by atoms with Gasteiger partial charge in [0.05, 0.1) is 11.1 Å². The van der Waals surface area contributed by atoms with Gasteiger partial charge in [0.15, 0.2) is 11.7 Å². The van der Waals surface area contributed by atoms with Gasteiger partial charge in [-0.3, -0.25) is 19.0 Å². The number of amides is 2. The Kier molecular flexibility index (Phi) is 5.08. The molecule has 0 saturated heterocycles. The van der Waals surface area contributed by atoms with Crippen LogP contribution in [-0.4, -0.2) is 28.5 Å². The van der Waals surface area contributed by atoms with Gasteiger partial charge in [0.2, 0.25) is 0 Å². The minimum atomic E-state index is -1.14. The SMILES string of the molecule is C[C@@H](OC(=O)Cn1c(=O)oc2ccccc21)C(=O)Nc1sccc1C(N)=O. The summed E-state index contributed by atoms with van der Waals surface area (Å²) in [5.74, 6) is -2.79. The second kappa shape index (κ2) is 7.46. The number of hydrogen-bond donors (Lipinski definition) is 2. The van der Waals surface area contributed by atoms with E-state index >= 15 is 0 Å². The van der Waals surface area contributed by atoms with E-state index in [2.05, 4.69) is 5.32 Å².